The number of nitrogens with two attached hydrogens (primary N) is 2. The van der Waals surface area contributed by atoms with E-state index in [4.69, 9.17) is 22.3 Å². The van der Waals surface area contributed by atoms with Crippen LogP contribution in [0.2, 0.25) is 0 Å². The van der Waals surface area contributed by atoms with Crippen LogP contribution < -0.4 is 59.3 Å². The Morgan fingerprint density at radius 1 is 0.443 bits per heavy atom. The number of unbranched alkanes of at least 4 members (excludes halogenated alkanes) is 1. The molecule has 2 saturated heterocycles. The van der Waals surface area contributed by atoms with Gasteiger partial charge in [0.25, 0.3) is 0 Å². The molecule has 8 amide bonds. The number of carbonyl (C=O) groups excluding carboxylic acids is 12. The summed E-state index contributed by atoms with van der Waals surface area (Å²) in [5, 5.41) is 42.7. The lowest BCUT2D eigenvalue weighted by Gasteiger charge is -2.28. The molecule has 4 aromatic carbocycles. The van der Waals surface area contributed by atoms with E-state index in [0.717, 1.165) is 22.7 Å². The number of rotatable bonds is 21. The van der Waals surface area contributed by atoms with E-state index in [0.29, 0.717) is 51.0 Å². The maximum Gasteiger partial charge on any atom is 0.244 e. The number of Topliss-reactive ketones (excluding diaryl/α,β-unsaturated/α-hetero) is 4. The normalized spacial score (nSPS) is 23.7. The Kier molecular flexibility index (Phi) is 31.6. The van der Waals surface area contributed by atoms with Gasteiger partial charge >= 0.3 is 0 Å². The molecule has 0 spiro atoms. The molecule has 10 rings (SSSR count). The lowest BCUT2D eigenvalue weighted by molar-refractivity contribution is -0.136. The smallest absolute Gasteiger partial charge is 0.244 e. The van der Waals surface area contributed by atoms with Gasteiger partial charge in [0, 0.05) is 152 Å². The van der Waals surface area contributed by atoms with Crippen LogP contribution in [0.4, 0.5) is 0 Å². The third-order valence-corrected chi connectivity index (χ3v) is 23.2. The number of ketones is 4. The number of hydrogen-bond acceptors (Lipinski definition) is 18. The fraction of sp³-hybridized carbons (Fsp3) is 0.415. The first kappa shape index (κ1) is 85.7. The van der Waals surface area contributed by atoms with E-state index in [2.05, 4.69) is 77.8 Å². The Hall–Kier alpha value is -11.7. The van der Waals surface area contributed by atoms with Crippen LogP contribution in [0.5, 0.6) is 0 Å². The maximum absolute atomic E-state index is 15.7. The summed E-state index contributed by atoms with van der Waals surface area (Å²) in [6.45, 7) is 2.98. The van der Waals surface area contributed by atoms with Crippen molar-refractivity contribution in [2.45, 2.75) is 165 Å². The van der Waals surface area contributed by atoms with E-state index < -0.39 is 168 Å². The predicted molar refractivity (Wildman–Crippen MR) is 437 cm³/mol. The number of H-pyrrole nitrogens is 4. The lowest BCUT2D eigenvalue weighted by atomic mass is 9.82. The minimum absolute atomic E-state index is 0.0118. The van der Waals surface area contributed by atoms with Gasteiger partial charge in [-0.25, -0.2) is 9.97 Å². The third kappa shape index (κ3) is 25.6. The molecule has 19 N–H and O–H groups in total. The number of imidazole rings is 2. The summed E-state index contributed by atoms with van der Waals surface area (Å²) < 4.78 is 0. The number of para-hydroxylation sites is 2. The highest BCUT2D eigenvalue weighted by atomic mass is 32.2. The Morgan fingerprint density at radius 3 is 1.53 bits per heavy atom. The van der Waals surface area contributed by atoms with Gasteiger partial charge in [-0.15, -0.1) is 11.8 Å². The number of nitrogens with zero attached hydrogens (tertiary/aromatic N) is 2. The van der Waals surface area contributed by atoms with E-state index in [9.17, 15) is 9.59 Å². The van der Waals surface area contributed by atoms with Crippen molar-refractivity contribution in [3.05, 3.63) is 180 Å². The molecular formula is C82H101N19O12S2. The van der Waals surface area contributed by atoms with E-state index >= 15 is 47.9 Å². The molecule has 33 heteroatoms. The van der Waals surface area contributed by atoms with Crippen molar-refractivity contribution in [3.8, 4) is 0 Å². The van der Waals surface area contributed by atoms with Crippen molar-refractivity contribution in [1.82, 2.24) is 77.8 Å². The summed E-state index contributed by atoms with van der Waals surface area (Å²) in [5.41, 5.74) is 16.1. The summed E-state index contributed by atoms with van der Waals surface area (Å²) in [6, 6.07) is 20.6. The second-order valence-electron chi connectivity index (χ2n) is 29.5. The van der Waals surface area contributed by atoms with Gasteiger partial charge in [0.1, 0.15) is 59.6 Å². The summed E-state index contributed by atoms with van der Waals surface area (Å²) >= 11 is 2.37. The van der Waals surface area contributed by atoms with Crippen molar-refractivity contribution in [3.63, 3.8) is 0 Å². The van der Waals surface area contributed by atoms with Crippen molar-refractivity contribution in [2.24, 2.45) is 35.1 Å². The number of amidine groups is 1. The Bertz CT molecular complexity index is 4420. The number of thioether (sulfide) groups is 2. The maximum atomic E-state index is 15.7. The van der Waals surface area contributed by atoms with E-state index in [1.165, 1.54) is 37.5 Å². The van der Waals surface area contributed by atoms with Gasteiger partial charge in [-0.1, -0.05) is 110 Å². The van der Waals surface area contributed by atoms with E-state index in [-0.39, 0.29) is 106 Å². The number of nitrogens with one attached hydrogen (secondary N) is 15. The second-order valence-corrected chi connectivity index (χ2v) is 31.9. The first-order valence-corrected chi connectivity index (χ1v) is 41.0. The van der Waals surface area contributed by atoms with Gasteiger partial charge in [-0.3, -0.25) is 68.4 Å². The predicted octanol–water partition coefficient (Wildman–Crippen LogP) is 4.28. The van der Waals surface area contributed by atoms with Crippen LogP contribution in [-0.4, -0.2) is 184 Å². The molecule has 0 aliphatic carbocycles. The first-order chi connectivity index (χ1) is 55.4. The molecule has 0 radical (unpaired) electrons. The van der Waals surface area contributed by atoms with Crippen LogP contribution in [0, 0.1) is 34.5 Å². The van der Waals surface area contributed by atoms with Crippen LogP contribution in [0.3, 0.4) is 0 Å². The molecule has 2 aliphatic rings. The monoisotopic (exact) mass is 1610 g/mol. The number of benzene rings is 4. The Balaban J connectivity index is 1.07. The molecule has 115 heavy (non-hydrogen) atoms. The molecule has 4 aromatic heterocycles. The number of aromatic nitrogens is 6. The van der Waals surface area contributed by atoms with Crippen LogP contribution in [0.15, 0.2) is 147 Å². The highest BCUT2D eigenvalue weighted by Gasteiger charge is 2.39. The highest BCUT2D eigenvalue weighted by Crippen LogP contribution is 2.30. The van der Waals surface area contributed by atoms with E-state index in [1.54, 1.807) is 92.2 Å². The Morgan fingerprint density at radius 2 is 0.939 bits per heavy atom. The molecule has 0 saturated carbocycles. The van der Waals surface area contributed by atoms with Gasteiger partial charge in [-0.2, -0.15) is 11.8 Å². The van der Waals surface area contributed by atoms with Gasteiger partial charge in [0.15, 0.2) is 11.7 Å². The number of aromatic amines is 4. The fourth-order valence-electron chi connectivity index (χ4n) is 14.2. The van der Waals surface area contributed by atoms with Crippen molar-refractivity contribution < 1.29 is 57.5 Å². The van der Waals surface area contributed by atoms with Crippen LogP contribution >= 0.6 is 23.5 Å². The van der Waals surface area contributed by atoms with Crippen molar-refractivity contribution >= 4 is 128 Å². The topological polar surface area (TPSA) is 502 Å². The molecule has 31 nitrogen and oxygen atoms in total. The minimum atomic E-state index is -1.53. The standard InChI is InChI=1S/C82H101N19O12S2/c1-47-28-70(103)55-36-71(104)51(31-53-38-90-60-22-11-9-20-58(53)60)34-72(105)62(24-13-14-26-73(83)84)95-77(109)65(30-50-18-7-4-8-19-50)99-80(112)67(37-57-41-88-45-93-57)97-74(106)48(2)94-81(113)68(43-115-46-114-42-55)101-79(111)66(33-54-39-91-61-23-12-10-21-59(54)61)100-76(108)63(25-15-27-89-82(85)86)96-78(110)64(29-49-16-5-3-6-17-49)98-75(107)52(35-69(47)102)32-56-40-87-44-92-56/h3-12,16-23,38-41,44-45,47-48,51-52,55,62-68,90-91H,13-15,24-37,42-43,46H2,1-2H3,(H3,83,84)(H,87,92)(H,88,93)(H,94,113)(H,95,109)(H,96,110)(H,97,106)(H,98,107)(H,99,112)(H,100,108)(H,101,111)(H4,85,86,89)/t47-,48+,51-,52-,55+,62+,63+,64-,65-,66+,67+,68+/m1/s1. The number of hydrogen-bond donors (Lipinski definition) is 17. The molecule has 8 aromatic rings. The summed E-state index contributed by atoms with van der Waals surface area (Å²) in [7, 11) is 0. The number of carbonyl (C=O) groups is 12. The van der Waals surface area contributed by atoms with Crippen LogP contribution in [0.25, 0.3) is 21.8 Å². The van der Waals surface area contributed by atoms with E-state index in [1.807, 2.05) is 42.5 Å². The van der Waals surface area contributed by atoms with Crippen LogP contribution in [0.1, 0.15) is 112 Å². The summed E-state index contributed by atoms with van der Waals surface area (Å²) in [6.07, 6.45) is 7.59. The van der Waals surface area contributed by atoms with Crippen molar-refractivity contribution in [2.75, 3.05) is 23.1 Å². The molecule has 6 heterocycles. The first-order valence-electron chi connectivity index (χ1n) is 38.6. The second kappa shape index (κ2) is 42.4. The van der Waals surface area contributed by atoms with Crippen LogP contribution in [-0.2, 0) is 96.1 Å². The quantitative estimate of drug-likeness (QED) is 0.0271. The minimum Gasteiger partial charge on any atom is -0.388 e. The van der Waals surface area contributed by atoms with Gasteiger partial charge < -0.3 is 79.3 Å². The van der Waals surface area contributed by atoms with Gasteiger partial charge in [-0.05, 0) is 73.4 Å². The van der Waals surface area contributed by atoms with Gasteiger partial charge in [0.05, 0.1) is 41.8 Å². The molecule has 0 unspecified atom stereocenters. The third-order valence-electron chi connectivity index (χ3n) is 20.7. The Labute approximate surface area is 673 Å². The molecule has 12 atom stereocenters. The molecule has 2 aliphatic heterocycles. The number of guanidine groups is 1. The lowest BCUT2D eigenvalue weighted by Crippen LogP contribution is -2.61. The van der Waals surface area contributed by atoms with Crippen molar-refractivity contribution in [1.29, 1.82) is 10.8 Å². The fourth-order valence-corrected chi connectivity index (χ4v) is 16.5. The molecular weight excluding hydrogens is 1510 g/mol. The summed E-state index contributed by atoms with van der Waals surface area (Å²) in [5.74, 6) is -14.0. The largest absolute Gasteiger partial charge is 0.388 e. The summed E-state index contributed by atoms with van der Waals surface area (Å²) in [4.78, 5) is 204. The molecule has 608 valence electrons. The zero-order chi connectivity index (χ0) is 81.9. The zero-order valence-corrected chi connectivity index (χ0v) is 65.8. The average molecular weight is 1610 g/mol. The van der Waals surface area contributed by atoms with Gasteiger partial charge in [0.2, 0.25) is 47.3 Å². The number of amides is 8. The SMILES string of the molecule is C[C@@H]1CC(=O)[C@@H]2CSCSC[C@H](NC(=O)[C@H](Cc3c[nH]c4ccccc34)NC(=O)[C@H](CCCNC(=N)N)NC(=O)[C@@H](Cc3ccccc3)NC(=O)[C@H](Cc3c[nH]cn3)CC1=O)C(=O)N[C@@H](C)C(=O)N[C@@H](Cc1c[nH]cn1)C(=O)N[C@H](Cc1ccccc1)C(=O)N[C@@H](CCCCC(=N)N)C(=O)C[C@@H](Cc1c[nH]c3ccccc13)C(=O)C2. The molecule has 2 bridgehead atoms. The zero-order valence-electron chi connectivity index (χ0n) is 64.2. The highest BCUT2D eigenvalue weighted by molar-refractivity contribution is 8.16. The molecule has 2 fully saturated rings. The average Bonchev–Trinajstić information content (AvgIpc) is 1.72. The number of fused-ring (bicyclic) bond motifs is 8.